The molecule has 1 heterocycles. The zero-order chi connectivity index (χ0) is 10.7. The molecule has 0 amide bonds. The Morgan fingerprint density at radius 1 is 1.40 bits per heavy atom. The van der Waals surface area contributed by atoms with E-state index in [4.69, 9.17) is 11.6 Å². The van der Waals surface area contributed by atoms with Crippen molar-refractivity contribution in [1.82, 2.24) is 4.98 Å². The summed E-state index contributed by atoms with van der Waals surface area (Å²) in [6, 6.07) is 7.35. The van der Waals surface area contributed by atoms with E-state index in [0.717, 1.165) is 5.56 Å². The predicted octanol–water partition coefficient (Wildman–Crippen LogP) is 3.22. The van der Waals surface area contributed by atoms with Crippen LogP contribution in [0.1, 0.15) is 16.1 Å². The van der Waals surface area contributed by atoms with Crippen molar-refractivity contribution < 1.29 is 4.79 Å². The summed E-state index contributed by atoms with van der Waals surface area (Å²) in [5, 5.41) is 2.38. The van der Waals surface area contributed by atoms with Crippen molar-refractivity contribution in [1.29, 1.82) is 0 Å². The molecule has 0 fully saturated rings. The number of hydrogen-bond donors (Lipinski definition) is 0. The Kier molecular flexibility index (Phi) is 3.14. The molecular formula is C11H8ClNOS. The molecule has 0 saturated heterocycles. The third-order valence-corrected chi connectivity index (χ3v) is 2.98. The summed E-state index contributed by atoms with van der Waals surface area (Å²) in [5.41, 5.74) is 3.01. The first-order valence-corrected chi connectivity index (χ1v) is 5.74. The van der Waals surface area contributed by atoms with Gasteiger partial charge < -0.3 is 0 Å². The number of Topliss-reactive ketones (excluding diaryl/α,β-unsaturated/α-hetero) is 1. The molecule has 2 rings (SSSR count). The van der Waals surface area contributed by atoms with Crippen molar-refractivity contribution in [2.75, 3.05) is 0 Å². The fourth-order valence-corrected chi connectivity index (χ4v) is 2.01. The molecule has 0 atom stereocenters. The number of aromatic nitrogens is 1. The Hall–Kier alpha value is -1.19. The van der Waals surface area contributed by atoms with Gasteiger partial charge >= 0.3 is 0 Å². The second kappa shape index (κ2) is 4.55. The van der Waals surface area contributed by atoms with Crippen molar-refractivity contribution >= 4 is 28.7 Å². The Morgan fingerprint density at radius 3 is 2.87 bits per heavy atom. The fraction of sp³-hybridized carbons (Fsp3) is 0.0909. The van der Waals surface area contributed by atoms with Crippen LogP contribution in [0.4, 0.5) is 0 Å². The summed E-state index contributed by atoms with van der Waals surface area (Å²) in [7, 11) is 0. The van der Waals surface area contributed by atoms with E-state index >= 15 is 0 Å². The number of carbonyl (C=O) groups is 1. The van der Waals surface area contributed by atoms with Crippen LogP contribution in [-0.2, 0) is 6.42 Å². The number of thiazole rings is 1. The Bertz CT molecular complexity index is 467. The van der Waals surface area contributed by atoms with Crippen LogP contribution < -0.4 is 0 Å². The van der Waals surface area contributed by atoms with Gasteiger partial charge in [-0.15, -0.1) is 11.3 Å². The maximum absolute atomic E-state index is 11.7. The van der Waals surface area contributed by atoms with E-state index in [1.165, 1.54) is 11.3 Å². The molecule has 0 aliphatic heterocycles. The van der Waals surface area contributed by atoms with E-state index in [0.29, 0.717) is 17.1 Å². The van der Waals surface area contributed by atoms with E-state index < -0.39 is 0 Å². The third-order valence-electron chi connectivity index (χ3n) is 2.03. The number of hydrogen-bond acceptors (Lipinski definition) is 3. The minimum Gasteiger partial charge on any atom is -0.292 e. The molecule has 15 heavy (non-hydrogen) atoms. The van der Waals surface area contributed by atoms with Crippen LogP contribution in [0.15, 0.2) is 35.2 Å². The lowest BCUT2D eigenvalue weighted by atomic mass is 10.1. The Balaban J connectivity index is 2.17. The van der Waals surface area contributed by atoms with Crippen LogP contribution in [-0.4, -0.2) is 10.8 Å². The maximum Gasteiger partial charge on any atom is 0.186 e. The van der Waals surface area contributed by atoms with Crippen LogP contribution in [0.25, 0.3) is 0 Å². The lowest BCUT2D eigenvalue weighted by Crippen LogP contribution is -2.03. The summed E-state index contributed by atoms with van der Waals surface area (Å²) < 4.78 is 0. The van der Waals surface area contributed by atoms with E-state index in [-0.39, 0.29) is 5.78 Å². The van der Waals surface area contributed by atoms with E-state index in [1.54, 1.807) is 17.0 Å². The molecule has 76 valence electrons. The van der Waals surface area contributed by atoms with Gasteiger partial charge in [0.25, 0.3) is 0 Å². The zero-order valence-corrected chi connectivity index (χ0v) is 9.39. The number of rotatable bonds is 3. The normalized spacial score (nSPS) is 10.2. The summed E-state index contributed by atoms with van der Waals surface area (Å²) in [6.07, 6.45) is 0.309. The largest absolute Gasteiger partial charge is 0.292 e. The van der Waals surface area contributed by atoms with Crippen molar-refractivity contribution in [3.63, 3.8) is 0 Å². The van der Waals surface area contributed by atoms with Gasteiger partial charge in [0.2, 0.25) is 0 Å². The van der Waals surface area contributed by atoms with Gasteiger partial charge in [-0.25, -0.2) is 4.98 Å². The fourth-order valence-electron chi connectivity index (χ4n) is 1.26. The molecule has 2 aromatic rings. The van der Waals surface area contributed by atoms with Gasteiger partial charge in [-0.1, -0.05) is 29.8 Å². The molecule has 4 heteroatoms. The van der Waals surface area contributed by atoms with Crippen molar-refractivity contribution in [3.8, 4) is 0 Å². The lowest BCUT2D eigenvalue weighted by molar-refractivity contribution is 0.0989. The molecular weight excluding hydrogens is 230 g/mol. The zero-order valence-electron chi connectivity index (χ0n) is 7.81. The van der Waals surface area contributed by atoms with Crippen molar-refractivity contribution in [2.45, 2.75) is 6.42 Å². The van der Waals surface area contributed by atoms with Gasteiger partial charge in [0.15, 0.2) is 5.78 Å². The SMILES string of the molecule is O=C(Cc1ccccc1Cl)c1cscn1. The average molecular weight is 238 g/mol. The number of halogens is 1. The molecule has 1 aromatic carbocycles. The minimum atomic E-state index is 0.00403. The first-order chi connectivity index (χ1) is 7.27. The van der Waals surface area contributed by atoms with Crippen LogP contribution in [0.3, 0.4) is 0 Å². The van der Waals surface area contributed by atoms with E-state index in [9.17, 15) is 4.79 Å². The third kappa shape index (κ3) is 2.43. The van der Waals surface area contributed by atoms with Crippen LogP contribution in [0.2, 0.25) is 5.02 Å². The van der Waals surface area contributed by atoms with E-state index in [2.05, 4.69) is 4.98 Å². The van der Waals surface area contributed by atoms with Gasteiger partial charge in [0.1, 0.15) is 5.69 Å². The molecule has 0 N–H and O–H groups in total. The first-order valence-electron chi connectivity index (χ1n) is 4.42. The predicted molar refractivity (Wildman–Crippen MR) is 61.6 cm³/mol. The van der Waals surface area contributed by atoms with Crippen LogP contribution in [0, 0.1) is 0 Å². The summed E-state index contributed by atoms with van der Waals surface area (Å²) in [6.45, 7) is 0. The van der Waals surface area contributed by atoms with Gasteiger partial charge in [-0.2, -0.15) is 0 Å². The van der Waals surface area contributed by atoms with Crippen LogP contribution in [0.5, 0.6) is 0 Å². The van der Waals surface area contributed by atoms with Gasteiger partial charge in [0, 0.05) is 16.8 Å². The number of benzene rings is 1. The number of carbonyl (C=O) groups excluding carboxylic acids is 1. The van der Waals surface area contributed by atoms with Gasteiger partial charge in [-0.05, 0) is 11.6 Å². The molecule has 2 nitrogen and oxygen atoms in total. The summed E-state index contributed by atoms with van der Waals surface area (Å²) in [5.74, 6) is 0.00403. The highest BCUT2D eigenvalue weighted by Crippen LogP contribution is 2.17. The number of ketones is 1. The molecule has 0 aliphatic carbocycles. The molecule has 0 radical (unpaired) electrons. The summed E-state index contributed by atoms with van der Waals surface area (Å²) >= 11 is 7.38. The van der Waals surface area contributed by atoms with Crippen LogP contribution >= 0.6 is 22.9 Å². The molecule has 0 spiro atoms. The average Bonchev–Trinajstić information content (AvgIpc) is 2.74. The number of nitrogens with zero attached hydrogens (tertiary/aromatic N) is 1. The van der Waals surface area contributed by atoms with Gasteiger partial charge in [-0.3, -0.25) is 4.79 Å². The topological polar surface area (TPSA) is 30.0 Å². The maximum atomic E-state index is 11.7. The molecule has 0 saturated carbocycles. The Labute approximate surface area is 96.5 Å². The molecule has 0 unspecified atom stereocenters. The smallest absolute Gasteiger partial charge is 0.186 e. The molecule has 0 bridgehead atoms. The van der Waals surface area contributed by atoms with Gasteiger partial charge in [0.05, 0.1) is 5.51 Å². The van der Waals surface area contributed by atoms with Crippen molar-refractivity contribution in [2.24, 2.45) is 0 Å². The molecule has 1 aromatic heterocycles. The van der Waals surface area contributed by atoms with E-state index in [1.807, 2.05) is 18.2 Å². The molecule has 0 aliphatic rings. The highest BCUT2D eigenvalue weighted by atomic mass is 35.5. The minimum absolute atomic E-state index is 0.00403. The first kappa shape index (κ1) is 10.3. The standard InChI is InChI=1S/C11H8ClNOS/c12-9-4-2-1-3-8(9)5-11(14)10-6-15-7-13-10/h1-4,6-7H,5H2. The lowest BCUT2D eigenvalue weighted by Gasteiger charge is -2.00. The quantitative estimate of drug-likeness (QED) is 0.768. The second-order valence-corrected chi connectivity index (χ2v) is 4.19. The second-order valence-electron chi connectivity index (χ2n) is 3.07. The van der Waals surface area contributed by atoms with Crippen molar-refractivity contribution in [3.05, 3.63) is 51.4 Å². The highest BCUT2D eigenvalue weighted by Gasteiger charge is 2.10. The summed E-state index contributed by atoms with van der Waals surface area (Å²) in [4.78, 5) is 15.7. The monoisotopic (exact) mass is 237 g/mol. The highest BCUT2D eigenvalue weighted by molar-refractivity contribution is 7.07. The Morgan fingerprint density at radius 2 is 2.20 bits per heavy atom.